The van der Waals surface area contributed by atoms with Gasteiger partial charge in [0.05, 0.1) is 5.41 Å². The van der Waals surface area contributed by atoms with Gasteiger partial charge in [-0.05, 0) is 42.9 Å². The van der Waals surface area contributed by atoms with Gasteiger partial charge in [-0.2, -0.15) is 0 Å². The topological polar surface area (TPSA) is 46.2 Å². The van der Waals surface area contributed by atoms with Gasteiger partial charge in [-0.3, -0.25) is 9.59 Å². The highest BCUT2D eigenvalue weighted by Gasteiger charge is 2.72. The first-order valence-electron chi connectivity index (χ1n) is 7.75. The lowest BCUT2D eigenvalue weighted by Gasteiger charge is -2.38. The summed E-state index contributed by atoms with van der Waals surface area (Å²) in [5.41, 5.74) is 0.363. The Morgan fingerprint density at radius 1 is 1.23 bits per heavy atom. The second-order valence-electron chi connectivity index (χ2n) is 7.56. The van der Waals surface area contributed by atoms with E-state index in [0.717, 1.165) is 18.4 Å². The summed E-state index contributed by atoms with van der Waals surface area (Å²) in [5.74, 6) is 0.174. The molecular weight excluding hydrogens is 298 g/mol. The molecule has 0 aromatic heterocycles. The van der Waals surface area contributed by atoms with E-state index in [1.165, 1.54) is 0 Å². The SMILES string of the molecule is Cc1ccc(NC(=O)[C@]23CC[C@@](C)(C(=O)C2)C3(C)C)cc1Cl. The molecule has 3 nitrogen and oxygen atoms in total. The van der Waals surface area contributed by atoms with Crippen molar-refractivity contribution in [2.75, 3.05) is 5.32 Å². The molecular formula is C18H22ClNO2. The van der Waals surface area contributed by atoms with Crippen molar-refractivity contribution in [1.82, 2.24) is 0 Å². The van der Waals surface area contributed by atoms with Crippen molar-refractivity contribution < 1.29 is 9.59 Å². The van der Waals surface area contributed by atoms with E-state index in [1.54, 1.807) is 6.07 Å². The first-order chi connectivity index (χ1) is 10.1. The molecule has 2 aliphatic rings. The van der Waals surface area contributed by atoms with Crippen molar-refractivity contribution in [2.45, 2.75) is 47.0 Å². The number of hydrogen-bond donors (Lipinski definition) is 1. The number of Topliss-reactive ketones (excluding diaryl/α,β-unsaturated/α-hetero) is 1. The maximum atomic E-state index is 13.0. The van der Waals surface area contributed by atoms with E-state index in [4.69, 9.17) is 11.6 Å². The summed E-state index contributed by atoms with van der Waals surface area (Å²) in [6, 6.07) is 5.51. The molecule has 118 valence electrons. The van der Waals surface area contributed by atoms with E-state index in [0.29, 0.717) is 17.1 Å². The number of ketones is 1. The third-order valence-electron chi connectivity index (χ3n) is 6.57. The number of rotatable bonds is 2. The number of fused-ring (bicyclic) bond motifs is 2. The van der Waals surface area contributed by atoms with Gasteiger partial charge >= 0.3 is 0 Å². The molecule has 22 heavy (non-hydrogen) atoms. The minimum Gasteiger partial charge on any atom is -0.326 e. The molecule has 0 spiro atoms. The fourth-order valence-corrected chi connectivity index (χ4v) is 4.46. The molecule has 0 heterocycles. The smallest absolute Gasteiger partial charge is 0.231 e. The Morgan fingerprint density at radius 3 is 2.41 bits per heavy atom. The summed E-state index contributed by atoms with van der Waals surface area (Å²) in [7, 11) is 0. The minimum absolute atomic E-state index is 0.0491. The number of anilines is 1. The summed E-state index contributed by atoms with van der Waals surface area (Å²) in [6.45, 7) is 8.06. The van der Waals surface area contributed by atoms with E-state index >= 15 is 0 Å². The van der Waals surface area contributed by atoms with Crippen LogP contribution in [-0.4, -0.2) is 11.7 Å². The maximum Gasteiger partial charge on any atom is 0.231 e. The fraction of sp³-hybridized carbons (Fsp3) is 0.556. The number of benzene rings is 1. The number of nitrogens with one attached hydrogen (secondary N) is 1. The van der Waals surface area contributed by atoms with Crippen molar-refractivity contribution in [1.29, 1.82) is 0 Å². The van der Waals surface area contributed by atoms with Crippen molar-refractivity contribution in [2.24, 2.45) is 16.2 Å². The molecule has 1 amide bonds. The van der Waals surface area contributed by atoms with Gasteiger partial charge < -0.3 is 5.32 Å². The Labute approximate surface area is 136 Å². The molecule has 1 N–H and O–H groups in total. The molecule has 1 aromatic carbocycles. The zero-order chi connectivity index (χ0) is 16.3. The summed E-state index contributed by atoms with van der Waals surface area (Å²) in [4.78, 5) is 25.4. The molecule has 2 aliphatic carbocycles. The van der Waals surface area contributed by atoms with Gasteiger partial charge in [-0.25, -0.2) is 0 Å². The van der Waals surface area contributed by atoms with Crippen molar-refractivity contribution in [3.63, 3.8) is 0 Å². The van der Waals surface area contributed by atoms with Crippen LogP contribution < -0.4 is 5.32 Å². The first-order valence-corrected chi connectivity index (χ1v) is 8.13. The van der Waals surface area contributed by atoms with Crippen molar-refractivity contribution >= 4 is 29.0 Å². The van der Waals surface area contributed by atoms with Gasteiger partial charge in [0, 0.05) is 22.5 Å². The van der Waals surface area contributed by atoms with Crippen LogP contribution in [0.25, 0.3) is 0 Å². The highest BCUT2D eigenvalue weighted by atomic mass is 35.5. The summed E-state index contributed by atoms with van der Waals surface area (Å²) in [6.07, 6.45) is 1.91. The average molecular weight is 320 g/mol. The van der Waals surface area contributed by atoms with Crippen LogP contribution in [0.4, 0.5) is 5.69 Å². The van der Waals surface area contributed by atoms with E-state index in [1.807, 2.05) is 26.0 Å². The predicted molar refractivity (Wildman–Crippen MR) is 88.0 cm³/mol. The van der Waals surface area contributed by atoms with E-state index < -0.39 is 5.41 Å². The number of hydrogen-bond acceptors (Lipinski definition) is 2. The lowest BCUT2D eigenvalue weighted by Crippen LogP contribution is -2.43. The third kappa shape index (κ3) is 1.75. The molecule has 4 heteroatoms. The fourth-order valence-electron chi connectivity index (χ4n) is 4.28. The first kappa shape index (κ1) is 15.5. The van der Waals surface area contributed by atoms with Gasteiger partial charge in [-0.1, -0.05) is 38.4 Å². The van der Waals surface area contributed by atoms with Crippen LogP contribution in [0.1, 0.15) is 45.6 Å². The molecule has 2 atom stereocenters. The number of aryl methyl sites for hydroxylation is 1. The lowest BCUT2D eigenvalue weighted by molar-refractivity contribution is -0.131. The number of halogens is 1. The second kappa shape index (κ2) is 4.58. The Bertz CT molecular complexity index is 682. The number of carbonyl (C=O) groups excluding carboxylic acids is 2. The largest absolute Gasteiger partial charge is 0.326 e. The van der Waals surface area contributed by atoms with Gasteiger partial charge in [0.1, 0.15) is 5.78 Å². The predicted octanol–water partition coefficient (Wildman–Crippen LogP) is 4.37. The highest BCUT2D eigenvalue weighted by molar-refractivity contribution is 6.31. The van der Waals surface area contributed by atoms with Crippen LogP contribution in [-0.2, 0) is 9.59 Å². The molecule has 0 unspecified atom stereocenters. The third-order valence-corrected chi connectivity index (χ3v) is 6.98. The van der Waals surface area contributed by atoms with E-state index in [9.17, 15) is 9.59 Å². The normalized spacial score (nSPS) is 32.3. The van der Waals surface area contributed by atoms with Crippen LogP contribution in [0, 0.1) is 23.2 Å². The van der Waals surface area contributed by atoms with Crippen LogP contribution in [0.3, 0.4) is 0 Å². The lowest BCUT2D eigenvalue weighted by atomic mass is 9.64. The molecule has 3 rings (SSSR count). The van der Waals surface area contributed by atoms with Gasteiger partial charge in [0.2, 0.25) is 5.91 Å². The summed E-state index contributed by atoms with van der Waals surface area (Å²) >= 11 is 6.13. The van der Waals surface area contributed by atoms with Gasteiger partial charge in [0.25, 0.3) is 0 Å². The van der Waals surface area contributed by atoms with Crippen molar-refractivity contribution in [3.05, 3.63) is 28.8 Å². The Kier molecular flexibility index (Phi) is 3.23. The zero-order valence-electron chi connectivity index (χ0n) is 13.5. The summed E-state index contributed by atoms with van der Waals surface area (Å²) in [5, 5.41) is 3.62. The Morgan fingerprint density at radius 2 is 1.91 bits per heavy atom. The monoisotopic (exact) mass is 319 g/mol. The van der Waals surface area contributed by atoms with E-state index in [2.05, 4.69) is 19.2 Å². The quantitative estimate of drug-likeness (QED) is 0.879. The minimum atomic E-state index is -0.601. The molecule has 2 fully saturated rings. The zero-order valence-corrected chi connectivity index (χ0v) is 14.3. The van der Waals surface area contributed by atoms with Gasteiger partial charge in [0.15, 0.2) is 0 Å². The summed E-state index contributed by atoms with van der Waals surface area (Å²) < 4.78 is 0. The molecule has 0 saturated heterocycles. The Hall–Kier alpha value is -1.35. The van der Waals surface area contributed by atoms with Crippen LogP contribution in [0.15, 0.2) is 18.2 Å². The molecule has 0 radical (unpaired) electrons. The Balaban J connectivity index is 1.92. The second-order valence-corrected chi connectivity index (χ2v) is 7.96. The molecule has 0 aliphatic heterocycles. The van der Waals surface area contributed by atoms with Crippen molar-refractivity contribution in [3.8, 4) is 0 Å². The van der Waals surface area contributed by atoms with E-state index in [-0.39, 0.29) is 22.5 Å². The standard InChI is InChI=1S/C18H22ClNO2/c1-11-5-6-12(9-13(11)19)20-15(22)18-8-7-17(4,14(21)10-18)16(18,2)3/h5-6,9H,7-8,10H2,1-4H3,(H,20,22)/t17-,18-/m0/s1. The maximum absolute atomic E-state index is 13.0. The average Bonchev–Trinajstić information content (AvgIpc) is 2.73. The highest BCUT2D eigenvalue weighted by Crippen LogP contribution is 2.70. The number of amides is 1. The molecule has 2 bridgehead atoms. The molecule has 1 aromatic rings. The van der Waals surface area contributed by atoms with Gasteiger partial charge in [-0.15, -0.1) is 0 Å². The van der Waals surface area contributed by atoms with Crippen LogP contribution in [0.5, 0.6) is 0 Å². The van der Waals surface area contributed by atoms with Crippen LogP contribution >= 0.6 is 11.6 Å². The molecule has 2 saturated carbocycles. The van der Waals surface area contributed by atoms with Crippen LogP contribution in [0.2, 0.25) is 5.02 Å². The number of carbonyl (C=O) groups is 2.